The summed E-state index contributed by atoms with van der Waals surface area (Å²) in [6.45, 7) is 9.27. The molecule has 2 rings (SSSR count). The Hall–Kier alpha value is -1.39. The maximum Gasteiger partial charge on any atom is 0.103 e. The van der Waals surface area contributed by atoms with Gasteiger partial charge in [0.1, 0.15) is 5.69 Å². The molecule has 0 aliphatic heterocycles. The summed E-state index contributed by atoms with van der Waals surface area (Å²) in [7, 11) is 0. The normalized spacial score (nSPS) is 12.7. The summed E-state index contributed by atoms with van der Waals surface area (Å²) < 4.78 is 1.81. The molecule has 20 heavy (non-hydrogen) atoms. The van der Waals surface area contributed by atoms with Crippen molar-refractivity contribution in [3.63, 3.8) is 0 Å². The van der Waals surface area contributed by atoms with Gasteiger partial charge in [-0.3, -0.25) is 0 Å². The van der Waals surface area contributed by atoms with Crippen LogP contribution in [0.4, 0.5) is 0 Å². The van der Waals surface area contributed by atoms with Gasteiger partial charge in [-0.15, -0.1) is 5.10 Å². The minimum atomic E-state index is 0.188. The molecule has 1 aromatic heterocycles. The topological polar surface area (TPSA) is 42.7 Å². The van der Waals surface area contributed by atoms with Crippen LogP contribution in [0.15, 0.2) is 18.2 Å². The van der Waals surface area contributed by atoms with Gasteiger partial charge in [-0.25, -0.2) is 4.68 Å². The second-order valence-corrected chi connectivity index (χ2v) is 5.51. The van der Waals surface area contributed by atoms with Crippen molar-refractivity contribution in [2.45, 2.75) is 40.2 Å². The first-order chi connectivity index (χ1) is 9.54. The highest BCUT2D eigenvalue weighted by atomic mass is 35.5. The second kappa shape index (κ2) is 6.37. The smallest absolute Gasteiger partial charge is 0.103 e. The molecule has 4 nitrogen and oxygen atoms in total. The third kappa shape index (κ3) is 3.02. The zero-order valence-corrected chi connectivity index (χ0v) is 13.2. The van der Waals surface area contributed by atoms with Crippen LogP contribution in [-0.4, -0.2) is 21.5 Å². The van der Waals surface area contributed by atoms with E-state index in [0.717, 1.165) is 35.6 Å². The fourth-order valence-corrected chi connectivity index (χ4v) is 2.53. The molecular weight excluding hydrogens is 272 g/mol. The van der Waals surface area contributed by atoms with E-state index in [1.54, 1.807) is 4.68 Å². The number of benzene rings is 1. The quantitative estimate of drug-likeness (QED) is 0.915. The van der Waals surface area contributed by atoms with E-state index in [2.05, 4.69) is 29.5 Å². The van der Waals surface area contributed by atoms with Gasteiger partial charge in [0, 0.05) is 0 Å². The van der Waals surface area contributed by atoms with E-state index < -0.39 is 0 Å². The SMILES string of the molecule is CCCNC(C)c1nnn(-c2ccc(C)cc2Cl)c1C. The average molecular weight is 293 g/mol. The molecule has 0 saturated carbocycles. The Morgan fingerprint density at radius 1 is 1.35 bits per heavy atom. The van der Waals surface area contributed by atoms with Crippen molar-refractivity contribution in [1.29, 1.82) is 0 Å². The van der Waals surface area contributed by atoms with Crippen molar-refractivity contribution >= 4 is 11.6 Å². The predicted octanol–water partition coefficient (Wildman–Crippen LogP) is 3.60. The molecule has 0 aliphatic carbocycles. The number of aromatic nitrogens is 3. The van der Waals surface area contributed by atoms with E-state index in [1.807, 2.05) is 32.0 Å². The fourth-order valence-electron chi connectivity index (χ4n) is 2.21. The van der Waals surface area contributed by atoms with Crippen molar-refractivity contribution < 1.29 is 0 Å². The molecule has 1 unspecified atom stereocenters. The van der Waals surface area contributed by atoms with Crippen LogP contribution in [0.3, 0.4) is 0 Å². The number of nitrogens with one attached hydrogen (secondary N) is 1. The minimum Gasteiger partial charge on any atom is -0.309 e. The molecule has 1 heterocycles. The van der Waals surface area contributed by atoms with Crippen LogP contribution in [0.5, 0.6) is 0 Å². The third-order valence-electron chi connectivity index (χ3n) is 3.37. The summed E-state index contributed by atoms with van der Waals surface area (Å²) in [6.07, 6.45) is 1.10. The Morgan fingerprint density at radius 3 is 2.75 bits per heavy atom. The Labute approximate surface area is 125 Å². The van der Waals surface area contributed by atoms with Gasteiger partial charge in [0.15, 0.2) is 0 Å². The van der Waals surface area contributed by atoms with Crippen LogP contribution < -0.4 is 5.32 Å². The van der Waals surface area contributed by atoms with E-state index in [4.69, 9.17) is 11.6 Å². The summed E-state index contributed by atoms with van der Waals surface area (Å²) in [6, 6.07) is 6.14. The first-order valence-corrected chi connectivity index (χ1v) is 7.34. The molecule has 1 N–H and O–H groups in total. The van der Waals surface area contributed by atoms with Crippen LogP contribution in [0.25, 0.3) is 5.69 Å². The van der Waals surface area contributed by atoms with E-state index >= 15 is 0 Å². The number of halogens is 1. The van der Waals surface area contributed by atoms with Crippen molar-refractivity contribution in [3.05, 3.63) is 40.2 Å². The molecule has 108 valence electrons. The Morgan fingerprint density at radius 2 is 2.10 bits per heavy atom. The highest BCUT2D eigenvalue weighted by Crippen LogP contribution is 2.24. The molecule has 0 bridgehead atoms. The first-order valence-electron chi connectivity index (χ1n) is 6.96. The van der Waals surface area contributed by atoms with Gasteiger partial charge in [-0.05, 0) is 51.4 Å². The molecule has 0 amide bonds. The number of aryl methyl sites for hydroxylation is 1. The lowest BCUT2D eigenvalue weighted by atomic mass is 10.2. The van der Waals surface area contributed by atoms with Crippen molar-refractivity contribution in [2.24, 2.45) is 0 Å². The van der Waals surface area contributed by atoms with E-state index in [9.17, 15) is 0 Å². The molecule has 1 aromatic carbocycles. The Kier molecular flexibility index (Phi) is 4.78. The standard InChI is InChI=1S/C15H21ClN4/c1-5-8-17-11(3)15-12(4)20(19-18-15)14-7-6-10(2)9-13(14)16/h6-7,9,11,17H,5,8H2,1-4H3. The summed E-state index contributed by atoms with van der Waals surface area (Å²) in [5, 5.41) is 12.7. The number of hydrogen-bond acceptors (Lipinski definition) is 3. The van der Waals surface area contributed by atoms with E-state index in [1.165, 1.54) is 0 Å². The Balaban J connectivity index is 2.33. The van der Waals surface area contributed by atoms with Crippen LogP contribution >= 0.6 is 11.6 Å². The summed E-state index contributed by atoms with van der Waals surface area (Å²) in [5.41, 5.74) is 3.99. The fraction of sp³-hybridized carbons (Fsp3) is 0.467. The van der Waals surface area contributed by atoms with Crippen LogP contribution in [-0.2, 0) is 0 Å². The van der Waals surface area contributed by atoms with Crippen molar-refractivity contribution in [3.8, 4) is 5.69 Å². The second-order valence-electron chi connectivity index (χ2n) is 5.10. The van der Waals surface area contributed by atoms with Crippen molar-refractivity contribution in [1.82, 2.24) is 20.3 Å². The average Bonchev–Trinajstić information content (AvgIpc) is 2.78. The first kappa shape index (κ1) is 15.0. The van der Waals surface area contributed by atoms with Crippen molar-refractivity contribution in [2.75, 3.05) is 6.54 Å². The third-order valence-corrected chi connectivity index (χ3v) is 3.68. The number of nitrogens with zero attached hydrogens (tertiary/aromatic N) is 3. The molecule has 0 fully saturated rings. The summed E-state index contributed by atoms with van der Waals surface area (Å²) in [4.78, 5) is 0. The van der Waals surface area contributed by atoms with Gasteiger partial charge in [0.25, 0.3) is 0 Å². The maximum absolute atomic E-state index is 6.30. The minimum absolute atomic E-state index is 0.188. The molecular formula is C15H21ClN4. The van der Waals surface area contributed by atoms with Gasteiger partial charge in [0.05, 0.1) is 22.4 Å². The molecule has 0 aliphatic rings. The summed E-state index contributed by atoms with van der Waals surface area (Å²) in [5.74, 6) is 0. The maximum atomic E-state index is 6.30. The number of hydrogen-bond donors (Lipinski definition) is 1. The van der Waals surface area contributed by atoms with Crippen LogP contribution in [0.1, 0.15) is 43.3 Å². The molecule has 0 radical (unpaired) electrons. The van der Waals surface area contributed by atoms with Gasteiger partial charge in [0.2, 0.25) is 0 Å². The Bertz CT molecular complexity index is 592. The predicted molar refractivity (Wildman–Crippen MR) is 82.6 cm³/mol. The molecule has 2 aromatic rings. The van der Waals surface area contributed by atoms with E-state index in [0.29, 0.717) is 5.02 Å². The number of rotatable bonds is 5. The zero-order valence-electron chi connectivity index (χ0n) is 12.4. The largest absolute Gasteiger partial charge is 0.309 e. The molecule has 0 spiro atoms. The zero-order chi connectivity index (χ0) is 14.7. The lowest BCUT2D eigenvalue weighted by molar-refractivity contribution is 0.555. The van der Waals surface area contributed by atoms with Gasteiger partial charge >= 0.3 is 0 Å². The van der Waals surface area contributed by atoms with E-state index in [-0.39, 0.29) is 6.04 Å². The lowest BCUT2D eigenvalue weighted by Crippen LogP contribution is -2.20. The van der Waals surface area contributed by atoms with Crippen LogP contribution in [0.2, 0.25) is 5.02 Å². The molecule has 5 heteroatoms. The summed E-state index contributed by atoms with van der Waals surface area (Å²) >= 11 is 6.30. The molecule has 1 atom stereocenters. The highest BCUT2D eigenvalue weighted by Gasteiger charge is 2.16. The lowest BCUT2D eigenvalue weighted by Gasteiger charge is -2.12. The highest BCUT2D eigenvalue weighted by molar-refractivity contribution is 6.32. The molecule has 0 saturated heterocycles. The monoisotopic (exact) mass is 292 g/mol. The van der Waals surface area contributed by atoms with Gasteiger partial charge in [-0.1, -0.05) is 29.8 Å². The van der Waals surface area contributed by atoms with Gasteiger partial charge < -0.3 is 5.32 Å². The van der Waals surface area contributed by atoms with Gasteiger partial charge in [-0.2, -0.15) is 0 Å². The van der Waals surface area contributed by atoms with Crippen LogP contribution in [0, 0.1) is 13.8 Å².